The second-order valence-electron chi connectivity index (χ2n) is 5.27. The zero-order chi connectivity index (χ0) is 15.1. The molecule has 3 rings (SSSR count). The Labute approximate surface area is 119 Å². The van der Waals surface area contributed by atoms with E-state index in [4.69, 9.17) is 0 Å². The molecule has 7 nitrogen and oxygen atoms in total. The smallest absolute Gasteiger partial charge is 0.337 e. The number of carbonyl (C=O) groups is 2. The van der Waals surface area contributed by atoms with Crippen LogP contribution in [0.2, 0.25) is 0 Å². The molecular formula is C14H15N3O4. The van der Waals surface area contributed by atoms with E-state index in [0.717, 1.165) is 12.8 Å². The summed E-state index contributed by atoms with van der Waals surface area (Å²) in [5, 5.41) is 12.1. The monoisotopic (exact) mass is 289 g/mol. The van der Waals surface area contributed by atoms with Crippen molar-refractivity contribution in [3.8, 4) is 0 Å². The summed E-state index contributed by atoms with van der Waals surface area (Å²) < 4.78 is 1.20. The number of aromatic nitrogens is 2. The van der Waals surface area contributed by atoms with Crippen molar-refractivity contribution in [3.05, 3.63) is 34.2 Å². The number of fused-ring (bicyclic) bond motifs is 1. The van der Waals surface area contributed by atoms with Crippen LogP contribution < -0.4 is 11.0 Å². The van der Waals surface area contributed by atoms with Crippen molar-refractivity contribution in [1.82, 2.24) is 14.9 Å². The third-order valence-electron chi connectivity index (χ3n) is 3.66. The van der Waals surface area contributed by atoms with E-state index in [9.17, 15) is 19.5 Å². The molecule has 1 heterocycles. The molecule has 1 fully saturated rings. The van der Waals surface area contributed by atoms with E-state index < -0.39 is 17.7 Å². The number of aromatic amines is 1. The fourth-order valence-corrected chi connectivity index (χ4v) is 2.39. The molecule has 1 aromatic heterocycles. The Morgan fingerprint density at radius 3 is 2.76 bits per heavy atom. The summed E-state index contributed by atoms with van der Waals surface area (Å²) in [5.41, 5.74) is 0.161. The largest absolute Gasteiger partial charge is 0.478 e. The van der Waals surface area contributed by atoms with Gasteiger partial charge in [-0.15, -0.1) is 0 Å². The van der Waals surface area contributed by atoms with Crippen LogP contribution in [0.15, 0.2) is 23.0 Å². The lowest BCUT2D eigenvalue weighted by Crippen LogP contribution is -2.36. The molecule has 7 heteroatoms. The lowest BCUT2D eigenvalue weighted by atomic mass is 10.1. The molecule has 1 atom stereocenters. The Kier molecular flexibility index (Phi) is 3.04. The Balaban J connectivity index is 2.12. The van der Waals surface area contributed by atoms with Gasteiger partial charge in [0.25, 0.3) is 0 Å². The summed E-state index contributed by atoms with van der Waals surface area (Å²) in [5.74, 6) is -1.41. The molecule has 0 radical (unpaired) electrons. The van der Waals surface area contributed by atoms with Gasteiger partial charge in [0.15, 0.2) is 0 Å². The molecule has 0 bridgehead atoms. The number of para-hydroxylation sites is 1. The van der Waals surface area contributed by atoms with Crippen molar-refractivity contribution in [3.63, 3.8) is 0 Å². The molecule has 1 saturated carbocycles. The number of hydrogen-bond acceptors (Lipinski definition) is 3. The molecule has 1 aliphatic rings. The standard InChI is InChI=1S/C14H15N3O4/c1-7(12(18)15-8-5-6-8)17-11-9(13(19)20)3-2-4-10(11)16-14(17)21/h2-4,7-8H,5-6H2,1H3,(H,15,18)(H,16,21)(H,19,20). The second-order valence-corrected chi connectivity index (χ2v) is 5.27. The number of amides is 1. The number of carbonyl (C=O) groups excluding carboxylic acids is 1. The van der Waals surface area contributed by atoms with E-state index in [0.29, 0.717) is 5.52 Å². The van der Waals surface area contributed by atoms with Crippen LogP contribution in [-0.2, 0) is 4.79 Å². The van der Waals surface area contributed by atoms with Crippen molar-refractivity contribution in [2.24, 2.45) is 0 Å². The summed E-state index contributed by atoms with van der Waals surface area (Å²) >= 11 is 0. The van der Waals surface area contributed by atoms with Gasteiger partial charge in [-0.2, -0.15) is 0 Å². The van der Waals surface area contributed by atoms with E-state index >= 15 is 0 Å². The highest BCUT2D eigenvalue weighted by molar-refractivity contribution is 6.01. The van der Waals surface area contributed by atoms with Crippen LogP contribution in [0, 0.1) is 0 Å². The highest BCUT2D eigenvalue weighted by atomic mass is 16.4. The molecule has 1 aliphatic carbocycles. The van der Waals surface area contributed by atoms with E-state index in [-0.39, 0.29) is 23.0 Å². The summed E-state index contributed by atoms with van der Waals surface area (Å²) in [4.78, 5) is 38.1. The first-order valence-electron chi connectivity index (χ1n) is 6.76. The third-order valence-corrected chi connectivity index (χ3v) is 3.66. The molecular weight excluding hydrogens is 274 g/mol. The molecule has 0 aliphatic heterocycles. The molecule has 0 saturated heterocycles. The fourth-order valence-electron chi connectivity index (χ4n) is 2.39. The lowest BCUT2D eigenvalue weighted by Gasteiger charge is -2.14. The molecule has 2 aromatic rings. The van der Waals surface area contributed by atoms with Crippen LogP contribution in [0.1, 0.15) is 36.2 Å². The van der Waals surface area contributed by atoms with Crippen molar-refractivity contribution in [1.29, 1.82) is 0 Å². The normalized spacial score (nSPS) is 15.9. The topological polar surface area (TPSA) is 104 Å². The molecule has 1 aromatic carbocycles. The zero-order valence-corrected chi connectivity index (χ0v) is 11.4. The molecule has 1 amide bonds. The first kappa shape index (κ1) is 13.4. The van der Waals surface area contributed by atoms with Gasteiger partial charge < -0.3 is 15.4 Å². The number of carboxylic acid groups (broad SMARTS) is 1. The number of rotatable bonds is 4. The van der Waals surface area contributed by atoms with Gasteiger partial charge in [0.1, 0.15) is 6.04 Å². The molecule has 3 N–H and O–H groups in total. The number of carboxylic acids is 1. The minimum absolute atomic E-state index is 0.00285. The number of nitrogens with one attached hydrogen (secondary N) is 2. The van der Waals surface area contributed by atoms with Crippen molar-refractivity contribution in [2.45, 2.75) is 31.8 Å². The van der Waals surface area contributed by atoms with Crippen molar-refractivity contribution in [2.75, 3.05) is 0 Å². The lowest BCUT2D eigenvalue weighted by molar-refractivity contribution is -0.124. The van der Waals surface area contributed by atoms with Crippen LogP contribution in [0.5, 0.6) is 0 Å². The van der Waals surface area contributed by atoms with Gasteiger partial charge in [-0.3, -0.25) is 9.36 Å². The predicted molar refractivity (Wildman–Crippen MR) is 75.4 cm³/mol. The van der Waals surface area contributed by atoms with Crippen molar-refractivity contribution < 1.29 is 14.7 Å². The summed E-state index contributed by atoms with van der Waals surface area (Å²) in [6.07, 6.45) is 1.89. The van der Waals surface area contributed by atoms with E-state index in [2.05, 4.69) is 10.3 Å². The number of benzene rings is 1. The van der Waals surface area contributed by atoms with Gasteiger partial charge in [-0.05, 0) is 31.9 Å². The van der Waals surface area contributed by atoms with Crippen LogP contribution in [0.25, 0.3) is 11.0 Å². The number of H-pyrrole nitrogens is 1. The third kappa shape index (κ3) is 2.31. The highest BCUT2D eigenvalue weighted by Crippen LogP contribution is 2.22. The quantitative estimate of drug-likeness (QED) is 0.776. The summed E-state index contributed by atoms with van der Waals surface area (Å²) in [6.45, 7) is 1.59. The zero-order valence-electron chi connectivity index (χ0n) is 11.4. The first-order valence-corrected chi connectivity index (χ1v) is 6.76. The maximum atomic E-state index is 12.1. The molecule has 21 heavy (non-hydrogen) atoms. The summed E-state index contributed by atoms with van der Waals surface area (Å²) in [7, 11) is 0. The van der Waals surface area contributed by atoms with Crippen LogP contribution in [-0.4, -0.2) is 32.6 Å². The Morgan fingerprint density at radius 1 is 1.43 bits per heavy atom. The minimum atomic E-state index is -1.14. The highest BCUT2D eigenvalue weighted by Gasteiger charge is 2.28. The molecule has 110 valence electrons. The number of hydrogen-bond donors (Lipinski definition) is 3. The Hall–Kier alpha value is -2.57. The van der Waals surface area contributed by atoms with Crippen LogP contribution in [0.3, 0.4) is 0 Å². The Morgan fingerprint density at radius 2 is 2.14 bits per heavy atom. The maximum Gasteiger partial charge on any atom is 0.337 e. The average Bonchev–Trinajstić information content (AvgIpc) is 3.17. The van der Waals surface area contributed by atoms with E-state index in [1.807, 2.05) is 0 Å². The van der Waals surface area contributed by atoms with Gasteiger partial charge in [-0.1, -0.05) is 6.07 Å². The van der Waals surface area contributed by atoms with Crippen molar-refractivity contribution >= 4 is 22.9 Å². The minimum Gasteiger partial charge on any atom is -0.478 e. The van der Waals surface area contributed by atoms with Gasteiger partial charge in [0.2, 0.25) is 5.91 Å². The number of aromatic carboxylic acids is 1. The fraction of sp³-hybridized carbons (Fsp3) is 0.357. The summed E-state index contributed by atoms with van der Waals surface area (Å²) in [6, 6.07) is 4.00. The van der Waals surface area contributed by atoms with E-state index in [1.54, 1.807) is 19.1 Å². The van der Waals surface area contributed by atoms with Gasteiger partial charge in [0, 0.05) is 6.04 Å². The van der Waals surface area contributed by atoms with Crippen LogP contribution >= 0.6 is 0 Å². The predicted octanol–water partition coefficient (Wildman–Crippen LogP) is 0.867. The van der Waals surface area contributed by atoms with E-state index in [1.165, 1.54) is 10.6 Å². The SMILES string of the molecule is CC(C(=O)NC1CC1)n1c(=O)[nH]c2cccc(C(=O)O)c21. The first-order chi connectivity index (χ1) is 9.99. The van der Waals surface area contributed by atoms with Gasteiger partial charge >= 0.3 is 11.7 Å². The average molecular weight is 289 g/mol. The van der Waals surface area contributed by atoms with Crippen LogP contribution in [0.4, 0.5) is 0 Å². The number of imidazole rings is 1. The maximum absolute atomic E-state index is 12.1. The number of nitrogens with zero attached hydrogens (tertiary/aromatic N) is 1. The Bertz CT molecular complexity index is 785. The van der Waals surface area contributed by atoms with Gasteiger partial charge in [0.05, 0.1) is 16.6 Å². The van der Waals surface area contributed by atoms with Gasteiger partial charge in [-0.25, -0.2) is 9.59 Å². The molecule has 1 unspecified atom stereocenters. The second kappa shape index (κ2) is 4.76. The molecule has 0 spiro atoms.